The maximum Gasteiger partial charge on any atom is 0.408 e. The molecule has 10 nitrogen and oxygen atoms in total. The molecule has 2 aromatic heterocycles. The third-order valence-electron chi connectivity index (χ3n) is 4.45. The number of carbonyl (C=O) groups excluding carboxylic acids is 2. The summed E-state index contributed by atoms with van der Waals surface area (Å²) in [5.41, 5.74) is 2.46. The Morgan fingerprint density at radius 1 is 1.12 bits per heavy atom. The van der Waals surface area contributed by atoms with Crippen molar-refractivity contribution in [3.8, 4) is 28.8 Å². The van der Waals surface area contributed by atoms with Crippen molar-refractivity contribution in [2.24, 2.45) is 0 Å². The summed E-state index contributed by atoms with van der Waals surface area (Å²) in [6.45, 7) is 5.19. The lowest BCUT2D eigenvalue weighted by Crippen LogP contribution is -2.45. The van der Waals surface area contributed by atoms with Gasteiger partial charge in [-0.05, 0) is 45.0 Å². The lowest BCUT2D eigenvalue weighted by molar-refractivity contribution is -0.143. The van der Waals surface area contributed by atoms with Gasteiger partial charge in [0, 0.05) is 23.9 Å². The van der Waals surface area contributed by atoms with Crippen molar-refractivity contribution in [1.29, 1.82) is 5.26 Å². The van der Waals surface area contributed by atoms with Crippen molar-refractivity contribution in [3.63, 3.8) is 0 Å². The smallest absolute Gasteiger partial charge is 0.408 e. The normalized spacial score (nSPS) is 11.8. The average molecular weight is 448 g/mol. The minimum atomic E-state index is -0.956. The molecular formula is C23H24N6O4. The van der Waals surface area contributed by atoms with Gasteiger partial charge >= 0.3 is 12.1 Å². The molecule has 2 N–H and O–H groups in total. The van der Waals surface area contributed by atoms with Crippen molar-refractivity contribution in [1.82, 2.24) is 25.5 Å². The molecule has 170 valence electrons. The number of hydrogen-bond acceptors (Lipinski definition) is 8. The molecule has 0 saturated heterocycles. The van der Waals surface area contributed by atoms with Crippen molar-refractivity contribution in [2.45, 2.75) is 38.8 Å². The number of carbonyl (C=O) groups is 2. The number of amides is 1. The van der Waals surface area contributed by atoms with Crippen molar-refractivity contribution < 1.29 is 19.1 Å². The fraction of sp³-hybridized carbons (Fsp3) is 0.304. The van der Waals surface area contributed by atoms with Crippen LogP contribution in [0.15, 0.2) is 42.6 Å². The predicted octanol–water partition coefficient (Wildman–Crippen LogP) is 3.01. The molecule has 0 aliphatic carbocycles. The first-order valence-corrected chi connectivity index (χ1v) is 10.1. The molecule has 0 bridgehead atoms. The topological polar surface area (TPSA) is 143 Å². The number of alkyl carbamates (subject to hydrolysis) is 1. The molecule has 3 aromatic rings. The maximum absolute atomic E-state index is 12.1. The van der Waals surface area contributed by atoms with Gasteiger partial charge < -0.3 is 19.8 Å². The van der Waals surface area contributed by atoms with Crippen LogP contribution in [0.4, 0.5) is 4.79 Å². The van der Waals surface area contributed by atoms with E-state index in [1.54, 1.807) is 63.4 Å². The second kappa shape index (κ2) is 9.91. The van der Waals surface area contributed by atoms with Crippen LogP contribution < -0.4 is 5.32 Å². The summed E-state index contributed by atoms with van der Waals surface area (Å²) in [6, 6.07) is 11.7. The van der Waals surface area contributed by atoms with Crippen LogP contribution in [0.1, 0.15) is 32.0 Å². The lowest BCUT2D eigenvalue weighted by Gasteiger charge is -2.22. The molecule has 1 atom stereocenters. The number of methoxy groups -OCH3 is 1. The number of rotatable bonds is 6. The van der Waals surface area contributed by atoms with E-state index >= 15 is 0 Å². The van der Waals surface area contributed by atoms with E-state index in [0.29, 0.717) is 28.5 Å². The summed E-state index contributed by atoms with van der Waals surface area (Å²) in [6.07, 6.45) is 0.954. The summed E-state index contributed by atoms with van der Waals surface area (Å²) in [4.78, 5) is 31.6. The summed E-state index contributed by atoms with van der Waals surface area (Å²) in [7, 11) is 1.25. The van der Waals surface area contributed by atoms with Crippen LogP contribution >= 0.6 is 0 Å². The average Bonchev–Trinajstić information content (AvgIpc) is 3.25. The molecule has 0 radical (unpaired) electrons. The van der Waals surface area contributed by atoms with Crippen molar-refractivity contribution in [2.75, 3.05) is 7.11 Å². The number of aromatic nitrogens is 4. The molecule has 33 heavy (non-hydrogen) atoms. The molecule has 0 spiro atoms. The molecule has 1 aromatic carbocycles. The van der Waals surface area contributed by atoms with Gasteiger partial charge in [0.1, 0.15) is 17.3 Å². The van der Waals surface area contributed by atoms with Gasteiger partial charge in [0.05, 0.1) is 24.4 Å². The number of imidazole rings is 1. The Labute approximate surface area is 191 Å². The third kappa shape index (κ3) is 6.36. The highest BCUT2D eigenvalue weighted by molar-refractivity contribution is 5.81. The Kier molecular flexibility index (Phi) is 7.03. The number of ether oxygens (including phenoxy) is 2. The zero-order chi connectivity index (χ0) is 24.0. The van der Waals surface area contributed by atoms with Crippen LogP contribution in [0.25, 0.3) is 22.8 Å². The highest BCUT2D eigenvalue weighted by atomic mass is 16.6. The summed E-state index contributed by atoms with van der Waals surface area (Å²) in [5, 5.41) is 19.9. The first-order chi connectivity index (χ1) is 15.7. The van der Waals surface area contributed by atoms with E-state index in [2.05, 4.69) is 31.6 Å². The number of hydrogen-bond donors (Lipinski definition) is 2. The fourth-order valence-electron chi connectivity index (χ4n) is 2.93. The minimum Gasteiger partial charge on any atom is -0.467 e. The quantitative estimate of drug-likeness (QED) is 0.548. The summed E-state index contributed by atoms with van der Waals surface area (Å²) >= 11 is 0. The summed E-state index contributed by atoms with van der Waals surface area (Å²) < 4.78 is 10.0. The van der Waals surface area contributed by atoms with Gasteiger partial charge in [-0.1, -0.05) is 12.1 Å². The number of benzene rings is 1. The van der Waals surface area contributed by atoms with Crippen LogP contribution in [0.3, 0.4) is 0 Å². The van der Waals surface area contributed by atoms with Crippen LogP contribution in [0.2, 0.25) is 0 Å². The molecule has 1 amide bonds. The Morgan fingerprint density at radius 2 is 1.79 bits per heavy atom. The molecule has 3 rings (SSSR count). The molecule has 1 unspecified atom stereocenters. The largest absolute Gasteiger partial charge is 0.467 e. The first-order valence-electron chi connectivity index (χ1n) is 10.1. The van der Waals surface area contributed by atoms with Crippen LogP contribution in [0, 0.1) is 11.3 Å². The van der Waals surface area contributed by atoms with Crippen LogP contribution in [0.5, 0.6) is 0 Å². The number of aromatic amines is 1. The van der Waals surface area contributed by atoms with E-state index in [-0.39, 0.29) is 6.42 Å². The monoisotopic (exact) mass is 448 g/mol. The van der Waals surface area contributed by atoms with E-state index in [9.17, 15) is 9.59 Å². The van der Waals surface area contributed by atoms with Gasteiger partial charge in [0.15, 0.2) is 5.82 Å². The molecule has 0 saturated carbocycles. The SMILES string of the molecule is COC(=O)C(Cc1cnc(-c2ccc(-c3ccc(C#N)cc3)nn2)[nH]1)NC(=O)OC(C)(C)C. The van der Waals surface area contributed by atoms with Gasteiger partial charge in [-0.3, -0.25) is 0 Å². The standard InChI is InChI=1S/C23H24N6O4/c1-23(2,3)33-22(31)27-19(21(30)32-4)11-16-13-25-20(26-16)18-10-9-17(28-29-18)15-7-5-14(12-24)6-8-15/h5-10,13,19H,11H2,1-4H3,(H,25,26)(H,27,31). The highest BCUT2D eigenvalue weighted by Gasteiger charge is 2.26. The third-order valence-corrected chi connectivity index (χ3v) is 4.45. The zero-order valence-electron chi connectivity index (χ0n) is 18.7. The Hall–Kier alpha value is -4.26. The number of H-pyrrole nitrogens is 1. The van der Waals surface area contributed by atoms with E-state index < -0.39 is 23.7 Å². The van der Waals surface area contributed by atoms with Crippen molar-refractivity contribution >= 4 is 12.1 Å². The van der Waals surface area contributed by atoms with Gasteiger partial charge in [0.25, 0.3) is 0 Å². The Bertz CT molecular complexity index is 1160. The van der Waals surface area contributed by atoms with E-state index in [1.807, 2.05) is 0 Å². The van der Waals surface area contributed by atoms with Gasteiger partial charge in [-0.2, -0.15) is 5.26 Å². The number of nitriles is 1. The molecule has 0 aliphatic rings. The number of esters is 1. The Balaban J connectivity index is 1.71. The fourth-order valence-corrected chi connectivity index (χ4v) is 2.93. The van der Waals surface area contributed by atoms with E-state index in [1.165, 1.54) is 7.11 Å². The maximum atomic E-state index is 12.1. The predicted molar refractivity (Wildman–Crippen MR) is 119 cm³/mol. The van der Waals surface area contributed by atoms with E-state index in [0.717, 1.165) is 5.56 Å². The zero-order valence-corrected chi connectivity index (χ0v) is 18.7. The van der Waals surface area contributed by atoms with Crippen LogP contribution in [-0.2, 0) is 20.7 Å². The van der Waals surface area contributed by atoms with Crippen LogP contribution in [-0.4, -0.2) is 51.0 Å². The molecule has 10 heteroatoms. The molecule has 0 fully saturated rings. The summed E-state index contributed by atoms with van der Waals surface area (Å²) in [5.74, 6) is -0.145. The van der Waals surface area contributed by atoms with Gasteiger partial charge in [-0.15, -0.1) is 10.2 Å². The second-order valence-electron chi connectivity index (χ2n) is 8.18. The number of nitrogens with zero attached hydrogens (tertiary/aromatic N) is 4. The first kappa shape index (κ1) is 23.4. The number of nitrogens with one attached hydrogen (secondary N) is 2. The highest BCUT2D eigenvalue weighted by Crippen LogP contribution is 2.20. The second-order valence-corrected chi connectivity index (χ2v) is 8.18. The Morgan fingerprint density at radius 3 is 2.36 bits per heavy atom. The molecular weight excluding hydrogens is 424 g/mol. The molecule has 0 aliphatic heterocycles. The van der Waals surface area contributed by atoms with E-state index in [4.69, 9.17) is 14.7 Å². The van der Waals surface area contributed by atoms with Gasteiger partial charge in [-0.25, -0.2) is 14.6 Å². The molecule has 2 heterocycles. The van der Waals surface area contributed by atoms with Crippen molar-refractivity contribution in [3.05, 3.63) is 53.9 Å². The minimum absolute atomic E-state index is 0.121. The lowest BCUT2D eigenvalue weighted by atomic mass is 10.1. The van der Waals surface area contributed by atoms with Gasteiger partial charge in [0.2, 0.25) is 0 Å².